The molecule has 4 nitrogen and oxygen atoms in total. The van der Waals surface area contributed by atoms with E-state index in [1.54, 1.807) is 0 Å². The lowest BCUT2D eigenvalue weighted by atomic mass is 10.3. The number of benzene rings is 1. The Morgan fingerprint density at radius 2 is 2.06 bits per heavy atom. The third-order valence-electron chi connectivity index (χ3n) is 2.79. The Balaban J connectivity index is 1.83. The van der Waals surface area contributed by atoms with Crippen molar-refractivity contribution >= 4 is 11.8 Å². The van der Waals surface area contributed by atoms with Gasteiger partial charge in [-0.2, -0.15) is 0 Å². The van der Waals surface area contributed by atoms with E-state index < -0.39 is 6.09 Å². The van der Waals surface area contributed by atoms with E-state index in [9.17, 15) is 9.18 Å². The van der Waals surface area contributed by atoms with Crippen LogP contribution in [0.5, 0.6) is 0 Å². The quantitative estimate of drug-likeness (QED) is 0.830. The number of carbonyl (C=O) groups is 1. The van der Waals surface area contributed by atoms with Gasteiger partial charge in [-0.15, -0.1) is 0 Å². The predicted molar refractivity (Wildman–Crippen MR) is 62.1 cm³/mol. The number of hydrogen-bond acceptors (Lipinski definition) is 3. The zero-order chi connectivity index (χ0) is 12.3. The van der Waals surface area contributed by atoms with Crippen LogP contribution in [0.4, 0.5) is 14.9 Å². The number of anilines is 1. The van der Waals surface area contributed by atoms with Crippen LogP contribution < -0.4 is 11.1 Å². The normalized spacial score (nSPS) is 23.4. The number of rotatable bonds is 2. The van der Waals surface area contributed by atoms with Gasteiger partial charge in [0.1, 0.15) is 11.9 Å². The second kappa shape index (κ2) is 5.14. The predicted octanol–water partition coefficient (Wildman–Crippen LogP) is 2.25. The summed E-state index contributed by atoms with van der Waals surface area (Å²) in [6.07, 6.45) is 1.77. The Kier molecular flexibility index (Phi) is 3.58. The van der Waals surface area contributed by atoms with Crippen molar-refractivity contribution in [2.45, 2.75) is 31.4 Å². The number of nitrogens with two attached hydrogens (primary N) is 1. The summed E-state index contributed by atoms with van der Waals surface area (Å²) in [5.74, 6) is -0.342. The molecule has 1 amide bonds. The molecule has 2 unspecified atom stereocenters. The van der Waals surface area contributed by atoms with E-state index in [4.69, 9.17) is 10.5 Å². The van der Waals surface area contributed by atoms with Gasteiger partial charge >= 0.3 is 6.09 Å². The molecular formula is C12H15FN2O2. The van der Waals surface area contributed by atoms with Crippen molar-refractivity contribution < 1.29 is 13.9 Å². The Morgan fingerprint density at radius 1 is 1.35 bits per heavy atom. The molecule has 0 saturated heterocycles. The minimum Gasteiger partial charge on any atom is -0.446 e. The number of carbonyl (C=O) groups excluding carboxylic acids is 1. The van der Waals surface area contributed by atoms with E-state index >= 15 is 0 Å². The summed E-state index contributed by atoms with van der Waals surface area (Å²) in [6, 6.07) is 5.65. The second-order valence-corrected chi connectivity index (χ2v) is 4.23. The van der Waals surface area contributed by atoms with Crippen LogP contribution in [-0.4, -0.2) is 18.2 Å². The molecule has 0 heterocycles. The molecular weight excluding hydrogens is 223 g/mol. The molecule has 1 fully saturated rings. The number of amides is 1. The minimum atomic E-state index is -0.518. The van der Waals surface area contributed by atoms with Crippen molar-refractivity contribution in [2.75, 3.05) is 5.32 Å². The van der Waals surface area contributed by atoms with Gasteiger partial charge in [-0.05, 0) is 43.5 Å². The smallest absolute Gasteiger partial charge is 0.411 e. The number of nitrogens with one attached hydrogen (secondary N) is 1. The highest BCUT2D eigenvalue weighted by atomic mass is 19.1. The molecule has 1 aromatic rings. The van der Waals surface area contributed by atoms with Gasteiger partial charge in [0.05, 0.1) is 0 Å². The average molecular weight is 238 g/mol. The maximum absolute atomic E-state index is 12.6. The Morgan fingerprint density at radius 3 is 2.65 bits per heavy atom. The van der Waals surface area contributed by atoms with Crippen LogP contribution in [-0.2, 0) is 4.74 Å². The molecule has 2 rings (SSSR count). The third-order valence-corrected chi connectivity index (χ3v) is 2.79. The molecule has 0 aromatic heterocycles. The van der Waals surface area contributed by atoms with Crippen molar-refractivity contribution in [1.82, 2.24) is 0 Å². The van der Waals surface area contributed by atoms with Crippen LogP contribution in [0.2, 0.25) is 0 Å². The van der Waals surface area contributed by atoms with Gasteiger partial charge in [0.15, 0.2) is 0 Å². The van der Waals surface area contributed by atoms with Crippen molar-refractivity contribution in [3.05, 3.63) is 30.1 Å². The SMILES string of the molecule is NC1CCC(OC(=O)Nc2ccc(F)cc2)C1. The lowest BCUT2D eigenvalue weighted by Gasteiger charge is -2.12. The van der Waals surface area contributed by atoms with Crippen molar-refractivity contribution in [3.63, 3.8) is 0 Å². The Hall–Kier alpha value is -1.62. The second-order valence-electron chi connectivity index (χ2n) is 4.23. The maximum atomic E-state index is 12.6. The van der Waals surface area contributed by atoms with Crippen LogP contribution >= 0.6 is 0 Å². The largest absolute Gasteiger partial charge is 0.446 e. The Labute approximate surface area is 98.9 Å². The summed E-state index contributed by atoms with van der Waals surface area (Å²) in [5.41, 5.74) is 6.23. The van der Waals surface area contributed by atoms with Crippen molar-refractivity contribution in [3.8, 4) is 0 Å². The van der Waals surface area contributed by atoms with Gasteiger partial charge in [-0.3, -0.25) is 5.32 Å². The highest BCUT2D eigenvalue weighted by molar-refractivity contribution is 5.84. The number of halogens is 1. The van der Waals surface area contributed by atoms with E-state index in [1.807, 2.05) is 0 Å². The van der Waals surface area contributed by atoms with Gasteiger partial charge in [0, 0.05) is 11.7 Å². The molecule has 0 bridgehead atoms. The summed E-state index contributed by atoms with van der Waals surface area (Å²) in [6.45, 7) is 0. The molecule has 1 saturated carbocycles. The fourth-order valence-corrected chi connectivity index (χ4v) is 1.91. The zero-order valence-electron chi connectivity index (χ0n) is 9.36. The summed E-state index contributed by atoms with van der Waals surface area (Å²) in [4.78, 5) is 11.5. The average Bonchev–Trinajstić information content (AvgIpc) is 2.67. The van der Waals surface area contributed by atoms with E-state index in [1.165, 1.54) is 24.3 Å². The fraction of sp³-hybridized carbons (Fsp3) is 0.417. The summed E-state index contributed by atoms with van der Waals surface area (Å²) in [5, 5.41) is 2.54. The van der Waals surface area contributed by atoms with Crippen LogP contribution in [0.1, 0.15) is 19.3 Å². The number of ether oxygens (including phenoxy) is 1. The van der Waals surface area contributed by atoms with Crippen LogP contribution in [0.25, 0.3) is 0 Å². The van der Waals surface area contributed by atoms with E-state index in [-0.39, 0.29) is 18.0 Å². The number of hydrogen-bond donors (Lipinski definition) is 2. The fourth-order valence-electron chi connectivity index (χ4n) is 1.91. The molecule has 92 valence electrons. The monoisotopic (exact) mass is 238 g/mol. The lowest BCUT2D eigenvalue weighted by molar-refractivity contribution is 0.114. The molecule has 0 spiro atoms. The van der Waals surface area contributed by atoms with Crippen LogP contribution in [0.15, 0.2) is 24.3 Å². The Bertz CT molecular complexity index is 394. The first-order chi connectivity index (χ1) is 8.13. The summed E-state index contributed by atoms with van der Waals surface area (Å²) >= 11 is 0. The highest BCUT2D eigenvalue weighted by Crippen LogP contribution is 2.21. The van der Waals surface area contributed by atoms with Crippen LogP contribution in [0.3, 0.4) is 0 Å². The maximum Gasteiger partial charge on any atom is 0.411 e. The molecule has 3 N–H and O–H groups in total. The first-order valence-electron chi connectivity index (χ1n) is 5.62. The first kappa shape index (κ1) is 11.9. The van der Waals surface area contributed by atoms with Gasteiger partial charge in [-0.1, -0.05) is 0 Å². The van der Waals surface area contributed by atoms with E-state index in [2.05, 4.69) is 5.32 Å². The van der Waals surface area contributed by atoms with Gasteiger partial charge in [0.25, 0.3) is 0 Å². The van der Waals surface area contributed by atoms with Crippen LogP contribution in [0, 0.1) is 5.82 Å². The molecule has 1 aliphatic rings. The van der Waals surface area contributed by atoms with Gasteiger partial charge < -0.3 is 10.5 Å². The van der Waals surface area contributed by atoms with E-state index in [0.717, 1.165) is 12.8 Å². The van der Waals surface area contributed by atoms with E-state index in [0.29, 0.717) is 12.1 Å². The van der Waals surface area contributed by atoms with Gasteiger partial charge in [0.2, 0.25) is 0 Å². The summed E-state index contributed by atoms with van der Waals surface area (Å²) in [7, 11) is 0. The topological polar surface area (TPSA) is 64.3 Å². The minimum absolute atomic E-state index is 0.106. The zero-order valence-corrected chi connectivity index (χ0v) is 9.36. The molecule has 5 heteroatoms. The molecule has 2 atom stereocenters. The molecule has 0 radical (unpaired) electrons. The molecule has 1 aliphatic carbocycles. The highest BCUT2D eigenvalue weighted by Gasteiger charge is 2.24. The van der Waals surface area contributed by atoms with Crippen molar-refractivity contribution in [1.29, 1.82) is 0 Å². The third kappa shape index (κ3) is 3.42. The standard InChI is InChI=1S/C12H15FN2O2/c13-8-1-4-10(5-2-8)15-12(16)17-11-6-3-9(14)7-11/h1-2,4-5,9,11H,3,6-7,14H2,(H,15,16). The van der Waals surface area contributed by atoms with Gasteiger partial charge in [-0.25, -0.2) is 9.18 Å². The molecule has 1 aromatic carbocycles. The first-order valence-corrected chi connectivity index (χ1v) is 5.62. The molecule has 17 heavy (non-hydrogen) atoms. The molecule has 0 aliphatic heterocycles. The van der Waals surface area contributed by atoms with Crippen molar-refractivity contribution in [2.24, 2.45) is 5.73 Å². The summed E-state index contributed by atoms with van der Waals surface area (Å²) < 4.78 is 17.8. The lowest BCUT2D eigenvalue weighted by Crippen LogP contribution is -2.22.